The number of carboxylic acids is 1. The molecule has 0 aromatic carbocycles. The zero-order valence-corrected chi connectivity index (χ0v) is 11.4. The number of aromatic nitrogens is 3. The Balaban J connectivity index is 1.86. The first-order valence-corrected chi connectivity index (χ1v) is 6.25. The molecule has 0 saturated carbocycles. The van der Waals surface area contributed by atoms with Crippen LogP contribution in [0.1, 0.15) is 16.9 Å². The monoisotopic (exact) mass is 297 g/mol. The standard InChI is InChI=1S/C11H15N5O5/c1-21-11(20)12-7-2-3-15(4-7)9(17)6-16-5-8(10(18)19)13-14-16/h5,7H,2-4,6H2,1H3,(H,12,20)(H,18,19). The fourth-order valence-corrected chi connectivity index (χ4v) is 2.04. The van der Waals surface area contributed by atoms with Crippen molar-refractivity contribution in [3.05, 3.63) is 11.9 Å². The van der Waals surface area contributed by atoms with Crippen molar-refractivity contribution in [3.63, 3.8) is 0 Å². The summed E-state index contributed by atoms with van der Waals surface area (Å²) in [4.78, 5) is 35.4. The first-order chi connectivity index (χ1) is 9.99. The molecule has 0 aliphatic carbocycles. The van der Waals surface area contributed by atoms with Crippen LogP contribution in [0.3, 0.4) is 0 Å². The maximum absolute atomic E-state index is 12.0. The number of methoxy groups -OCH3 is 1. The van der Waals surface area contributed by atoms with Gasteiger partial charge in [0.25, 0.3) is 0 Å². The predicted octanol–water partition coefficient (Wildman–Crippen LogP) is -1.07. The van der Waals surface area contributed by atoms with Crippen molar-refractivity contribution in [2.24, 2.45) is 0 Å². The lowest BCUT2D eigenvalue weighted by atomic mass is 10.3. The molecule has 0 bridgehead atoms. The van der Waals surface area contributed by atoms with Crippen LogP contribution >= 0.6 is 0 Å². The van der Waals surface area contributed by atoms with Crippen LogP contribution in [0.15, 0.2) is 6.20 Å². The highest BCUT2D eigenvalue weighted by molar-refractivity contribution is 5.84. The van der Waals surface area contributed by atoms with E-state index in [1.165, 1.54) is 18.0 Å². The molecule has 1 atom stereocenters. The first-order valence-electron chi connectivity index (χ1n) is 6.25. The average Bonchev–Trinajstić information content (AvgIpc) is 3.07. The van der Waals surface area contributed by atoms with Gasteiger partial charge in [0.15, 0.2) is 5.69 Å². The lowest BCUT2D eigenvalue weighted by molar-refractivity contribution is -0.131. The number of hydrogen-bond acceptors (Lipinski definition) is 6. The summed E-state index contributed by atoms with van der Waals surface area (Å²) >= 11 is 0. The lowest BCUT2D eigenvalue weighted by Crippen LogP contribution is -2.39. The van der Waals surface area contributed by atoms with Crippen molar-refractivity contribution in [1.29, 1.82) is 0 Å². The van der Waals surface area contributed by atoms with Crippen LogP contribution in [-0.4, -0.2) is 69.2 Å². The number of carboxylic acid groups (broad SMARTS) is 1. The topological polar surface area (TPSA) is 127 Å². The third-order valence-electron chi connectivity index (χ3n) is 3.10. The van der Waals surface area contributed by atoms with Gasteiger partial charge in [0, 0.05) is 13.1 Å². The van der Waals surface area contributed by atoms with Crippen LogP contribution in [0.2, 0.25) is 0 Å². The number of carbonyl (C=O) groups excluding carboxylic acids is 2. The molecule has 1 aliphatic rings. The molecule has 21 heavy (non-hydrogen) atoms. The van der Waals surface area contributed by atoms with E-state index in [0.29, 0.717) is 19.5 Å². The van der Waals surface area contributed by atoms with E-state index in [4.69, 9.17) is 5.11 Å². The van der Waals surface area contributed by atoms with Gasteiger partial charge in [-0.15, -0.1) is 5.10 Å². The van der Waals surface area contributed by atoms with Gasteiger partial charge in [-0.05, 0) is 6.42 Å². The number of nitrogens with zero attached hydrogens (tertiary/aromatic N) is 4. The maximum Gasteiger partial charge on any atom is 0.407 e. The van der Waals surface area contributed by atoms with Gasteiger partial charge in [0.1, 0.15) is 6.54 Å². The summed E-state index contributed by atoms with van der Waals surface area (Å²) in [5.41, 5.74) is -0.213. The molecule has 114 valence electrons. The molecule has 2 heterocycles. The van der Waals surface area contributed by atoms with E-state index in [1.54, 1.807) is 4.90 Å². The minimum Gasteiger partial charge on any atom is -0.476 e. The van der Waals surface area contributed by atoms with Crippen LogP contribution in [0.4, 0.5) is 4.79 Å². The SMILES string of the molecule is COC(=O)NC1CCN(C(=O)Cn2cc(C(=O)O)nn2)C1. The minimum absolute atomic E-state index is 0.0920. The number of nitrogens with one attached hydrogen (secondary N) is 1. The number of alkyl carbamates (subject to hydrolysis) is 1. The Bertz CT molecular complexity index is 557. The second kappa shape index (κ2) is 6.20. The van der Waals surface area contributed by atoms with Crippen LogP contribution in [0.5, 0.6) is 0 Å². The number of carbonyl (C=O) groups is 3. The zero-order chi connectivity index (χ0) is 15.4. The Morgan fingerprint density at radius 2 is 2.29 bits per heavy atom. The summed E-state index contributed by atoms with van der Waals surface area (Å²) in [5.74, 6) is -1.41. The van der Waals surface area contributed by atoms with E-state index in [1.807, 2.05) is 0 Å². The molecular formula is C11H15N5O5. The summed E-state index contributed by atoms with van der Waals surface area (Å²) < 4.78 is 5.67. The molecule has 1 aromatic rings. The van der Waals surface area contributed by atoms with Gasteiger partial charge in [0.2, 0.25) is 5.91 Å². The van der Waals surface area contributed by atoms with E-state index >= 15 is 0 Å². The Morgan fingerprint density at radius 1 is 1.52 bits per heavy atom. The third-order valence-corrected chi connectivity index (χ3v) is 3.10. The average molecular weight is 297 g/mol. The van der Waals surface area contributed by atoms with Gasteiger partial charge >= 0.3 is 12.1 Å². The van der Waals surface area contributed by atoms with E-state index in [2.05, 4.69) is 20.4 Å². The summed E-state index contributed by atoms with van der Waals surface area (Å²) in [6, 6.07) is -0.147. The van der Waals surface area contributed by atoms with Crippen molar-refractivity contribution in [1.82, 2.24) is 25.2 Å². The maximum atomic E-state index is 12.0. The van der Waals surface area contributed by atoms with Gasteiger partial charge < -0.3 is 20.1 Å². The van der Waals surface area contributed by atoms with E-state index in [9.17, 15) is 14.4 Å². The second-order valence-corrected chi connectivity index (χ2v) is 4.57. The fraction of sp³-hybridized carbons (Fsp3) is 0.545. The number of rotatable bonds is 4. The van der Waals surface area contributed by atoms with Gasteiger partial charge in [-0.3, -0.25) is 4.79 Å². The van der Waals surface area contributed by atoms with Crippen LogP contribution in [-0.2, 0) is 16.1 Å². The molecule has 2 rings (SSSR count). The van der Waals surface area contributed by atoms with Crippen molar-refractivity contribution in [3.8, 4) is 0 Å². The van der Waals surface area contributed by atoms with E-state index < -0.39 is 12.1 Å². The minimum atomic E-state index is -1.20. The molecule has 1 fully saturated rings. The molecule has 1 aromatic heterocycles. The van der Waals surface area contributed by atoms with Gasteiger partial charge in [0.05, 0.1) is 19.3 Å². The molecule has 1 saturated heterocycles. The van der Waals surface area contributed by atoms with Crippen LogP contribution in [0.25, 0.3) is 0 Å². The highest BCUT2D eigenvalue weighted by atomic mass is 16.5. The Morgan fingerprint density at radius 3 is 2.90 bits per heavy atom. The molecular weight excluding hydrogens is 282 g/mol. The molecule has 10 heteroatoms. The van der Waals surface area contributed by atoms with Crippen molar-refractivity contribution in [2.45, 2.75) is 19.0 Å². The Labute approximate surface area is 119 Å². The number of likely N-dealkylation sites (tertiary alicyclic amines) is 1. The van der Waals surface area contributed by atoms with E-state index in [-0.39, 0.29) is 24.2 Å². The largest absolute Gasteiger partial charge is 0.476 e. The first kappa shape index (κ1) is 14.8. The zero-order valence-electron chi connectivity index (χ0n) is 11.4. The smallest absolute Gasteiger partial charge is 0.407 e. The number of aromatic carboxylic acids is 1. The Kier molecular flexibility index (Phi) is 4.36. The molecule has 10 nitrogen and oxygen atoms in total. The van der Waals surface area contributed by atoms with Crippen molar-refractivity contribution >= 4 is 18.0 Å². The van der Waals surface area contributed by atoms with Crippen molar-refractivity contribution < 1.29 is 24.2 Å². The summed E-state index contributed by atoms with van der Waals surface area (Å²) in [6.07, 6.45) is 1.30. The molecule has 1 aliphatic heterocycles. The third kappa shape index (κ3) is 3.68. The highest BCUT2D eigenvalue weighted by Gasteiger charge is 2.27. The summed E-state index contributed by atoms with van der Waals surface area (Å²) in [6.45, 7) is 0.799. The number of amides is 2. The van der Waals surface area contributed by atoms with E-state index in [0.717, 1.165) is 0 Å². The van der Waals surface area contributed by atoms with Crippen molar-refractivity contribution in [2.75, 3.05) is 20.2 Å². The van der Waals surface area contributed by atoms with Gasteiger partial charge in [-0.2, -0.15) is 0 Å². The summed E-state index contributed by atoms with van der Waals surface area (Å²) in [5, 5.41) is 18.4. The van der Waals surface area contributed by atoms with Gasteiger partial charge in [-0.25, -0.2) is 14.3 Å². The summed E-state index contributed by atoms with van der Waals surface area (Å²) in [7, 11) is 1.28. The fourth-order valence-electron chi connectivity index (χ4n) is 2.04. The van der Waals surface area contributed by atoms with Gasteiger partial charge in [-0.1, -0.05) is 5.21 Å². The molecule has 2 amide bonds. The normalized spacial score (nSPS) is 17.6. The second-order valence-electron chi connectivity index (χ2n) is 4.57. The predicted molar refractivity (Wildman–Crippen MR) is 67.5 cm³/mol. The molecule has 1 unspecified atom stereocenters. The van der Waals surface area contributed by atoms with Crippen LogP contribution in [0, 0.1) is 0 Å². The Hall–Kier alpha value is -2.65. The quantitative estimate of drug-likeness (QED) is 0.724. The molecule has 0 radical (unpaired) electrons. The molecule has 2 N–H and O–H groups in total. The number of ether oxygens (including phenoxy) is 1. The molecule has 0 spiro atoms. The van der Waals surface area contributed by atoms with Crippen LogP contribution < -0.4 is 5.32 Å². The number of hydrogen-bond donors (Lipinski definition) is 2. The lowest BCUT2D eigenvalue weighted by Gasteiger charge is -2.16. The highest BCUT2D eigenvalue weighted by Crippen LogP contribution is 2.10.